The average molecular weight is 375 g/mol. The van der Waals surface area contributed by atoms with E-state index < -0.39 is 0 Å². The van der Waals surface area contributed by atoms with Crippen molar-refractivity contribution in [2.75, 3.05) is 0 Å². The van der Waals surface area contributed by atoms with Gasteiger partial charge in [0.25, 0.3) is 0 Å². The van der Waals surface area contributed by atoms with Gasteiger partial charge in [-0.3, -0.25) is 0 Å². The summed E-state index contributed by atoms with van der Waals surface area (Å²) in [6, 6.07) is 17.1. The molecule has 0 saturated heterocycles. The summed E-state index contributed by atoms with van der Waals surface area (Å²) in [5.41, 5.74) is 0. The Morgan fingerprint density at radius 2 is 0.360 bits per heavy atom. The molecule has 0 unspecified atom stereocenters. The van der Waals surface area contributed by atoms with E-state index in [1.165, 1.54) is 72.8 Å². The van der Waals surface area contributed by atoms with Crippen molar-refractivity contribution < 1.29 is 56.5 Å². The number of rotatable bonds is 0. The first-order chi connectivity index (χ1) is 11.4. The summed E-state index contributed by atoms with van der Waals surface area (Å²) in [4.78, 5) is 0. The molecule has 0 fully saturated rings. The third-order valence-corrected chi connectivity index (χ3v) is 2.55. The summed E-state index contributed by atoms with van der Waals surface area (Å²) in [5.74, 6) is 1.02. The summed E-state index contributed by atoms with van der Waals surface area (Å²) < 4.78 is 0. The fourth-order valence-electron chi connectivity index (χ4n) is 1.36. The van der Waals surface area contributed by atoms with Crippen LogP contribution in [0, 0.1) is 0 Å². The maximum absolute atomic E-state index is 8.65. The summed E-state index contributed by atoms with van der Waals surface area (Å²) in [6.45, 7) is 0. The van der Waals surface area contributed by atoms with Crippen LogP contribution in [0.1, 0.15) is 0 Å². The molecule has 0 saturated carbocycles. The van der Waals surface area contributed by atoms with E-state index in [-0.39, 0.29) is 60.3 Å². The zero-order valence-electron chi connectivity index (χ0n) is 13.2. The van der Waals surface area contributed by atoms with Crippen LogP contribution in [0.15, 0.2) is 72.8 Å². The molecule has 6 N–H and O–H groups in total. The van der Waals surface area contributed by atoms with Gasteiger partial charge in [-0.15, -0.1) is 0 Å². The second-order valence-corrected chi connectivity index (χ2v) is 4.55. The number of phenolic OH excluding ortho intramolecular Hbond substituents is 6. The van der Waals surface area contributed by atoms with Crippen molar-refractivity contribution in [1.82, 2.24) is 0 Å². The number of phenols is 6. The molecular weight excluding hydrogens is 357 g/mol. The molecule has 7 heteroatoms. The maximum atomic E-state index is 8.65. The van der Waals surface area contributed by atoms with E-state index in [4.69, 9.17) is 30.6 Å². The Hall–Kier alpha value is -2.67. The number of hydrogen-bond donors (Lipinski definition) is 6. The van der Waals surface area contributed by atoms with Gasteiger partial charge in [-0.25, -0.2) is 0 Å². The van der Waals surface area contributed by atoms with Gasteiger partial charge in [-0.2, -0.15) is 0 Å². The molecule has 0 spiro atoms. The minimum absolute atomic E-state index is 0. The Bertz CT molecular complexity index is 546. The van der Waals surface area contributed by atoms with Gasteiger partial charge < -0.3 is 30.6 Å². The SMILES string of the molecule is Oc1ccc(O)cc1.Oc1ccc(O)cc1.Oc1ccc(O)cc1.[Sc]. The first kappa shape index (κ1) is 22.3. The van der Waals surface area contributed by atoms with E-state index in [1.807, 2.05) is 0 Å². The number of benzene rings is 3. The summed E-state index contributed by atoms with van der Waals surface area (Å²) in [7, 11) is 0. The normalized spacial score (nSPS) is 8.64. The maximum Gasteiger partial charge on any atom is 0.115 e. The molecule has 3 aromatic rings. The molecule has 0 atom stereocenters. The van der Waals surface area contributed by atoms with Gasteiger partial charge in [-0.1, -0.05) is 0 Å². The van der Waals surface area contributed by atoms with E-state index >= 15 is 0 Å². The summed E-state index contributed by atoms with van der Waals surface area (Å²) >= 11 is 0. The van der Waals surface area contributed by atoms with Crippen LogP contribution in [0.4, 0.5) is 0 Å². The van der Waals surface area contributed by atoms with E-state index in [9.17, 15) is 0 Å². The Balaban J connectivity index is 0.000000339. The van der Waals surface area contributed by atoms with Gasteiger partial charge in [0.05, 0.1) is 0 Å². The first-order valence-corrected chi connectivity index (χ1v) is 6.81. The van der Waals surface area contributed by atoms with Gasteiger partial charge in [0.2, 0.25) is 0 Å². The minimum atomic E-state index is 0. The van der Waals surface area contributed by atoms with Gasteiger partial charge >= 0.3 is 0 Å². The topological polar surface area (TPSA) is 121 Å². The predicted octanol–water partition coefficient (Wildman–Crippen LogP) is 3.29. The van der Waals surface area contributed by atoms with Crippen molar-refractivity contribution in [1.29, 1.82) is 0 Å². The van der Waals surface area contributed by atoms with Crippen LogP contribution < -0.4 is 0 Å². The van der Waals surface area contributed by atoms with E-state index in [2.05, 4.69) is 0 Å². The van der Waals surface area contributed by atoms with Gasteiger partial charge in [-0.05, 0) is 72.8 Å². The molecule has 0 aliphatic rings. The molecule has 6 nitrogen and oxygen atoms in total. The molecule has 3 rings (SSSR count). The molecule has 0 aromatic heterocycles. The molecule has 0 heterocycles. The molecule has 0 amide bonds. The molecule has 0 aliphatic carbocycles. The Labute approximate surface area is 163 Å². The molecular formula is C18H18O6Sc. The van der Waals surface area contributed by atoms with Gasteiger partial charge in [0.15, 0.2) is 0 Å². The second kappa shape index (κ2) is 11.8. The summed E-state index contributed by atoms with van der Waals surface area (Å²) in [6.07, 6.45) is 0. The smallest absolute Gasteiger partial charge is 0.115 e. The minimum Gasteiger partial charge on any atom is -0.508 e. The van der Waals surface area contributed by atoms with Crippen molar-refractivity contribution >= 4 is 0 Å². The zero-order valence-corrected chi connectivity index (χ0v) is 15.0. The van der Waals surface area contributed by atoms with E-state index in [0.29, 0.717) is 0 Å². The third-order valence-electron chi connectivity index (χ3n) is 2.55. The average Bonchev–Trinajstić information content (AvgIpc) is 2.57. The van der Waals surface area contributed by atoms with Gasteiger partial charge in [0, 0.05) is 25.8 Å². The predicted molar refractivity (Wildman–Crippen MR) is 89.3 cm³/mol. The van der Waals surface area contributed by atoms with Crippen molar-refractivity contribution in [3.63, 3.8) is 0 Å². The molecule has 0 aliphatic heterocycles. The zero-order chi connectivity index (χ0) is 17.9. The fraction of sp³-hybridized carbons (Fsp3) is 0. The molecule has 1 radical (unpaired) electrons. The van der Waals surface area contributed by atoms with Crippen molar-refractivity contribution in [2.24, 2.45) is 0 Å². The van der Waals surface area contributed by atoms with Crippen LogP contribution in [0.25, 0.3) is 0 Å². The van der Waals surface area contributed by atoms with Crippen LogP contribution in [0.2, 0.25) is 0 Å². The largest absolute Gasteiger partial charge is 0.508 e. The molecule has 0 bridgehead atoms. The van der Waals surface area contributed by atoms with E-state index in [1.54, 1.807) is 0 Å². The Kier molecular flexibility index (Phi) is 10.5. The van der Waals surface area contributed by atoms with Crippen LogP contribution >= 0.6 is 0 Å². The van der Waals surface area contributed by atoms with Crippen molar-refractivity contribution in [3.05, 3.63) is 72.8 Å². The molecule has 3 aromatic carbocycles. The number of aromatic hydroxyl groups is 6. The second-order valence-electron chi connectivity index (χ2n) is 4.55. The van der Waals surface area contributed by atoms with Crippen molar-refractivity contribution in [3.8, 4) is 34.5 Å². The molecule has 25 heavy (non-hydrogen) atoms. The monoisotopic (exact) mass is 375 g/mol. The Morgan fingerprint density at radius 3 is 0.440 bits per heavy atom. The standard InChI is InChI=1S/3C6H6O2.Sc/c3*7-5-1-2-6(8)4-3-5;/h3*1-4,7-8H;. The number of hydrogen-bond acceptors (Lipinski definition) is 6. The molecule has 129 valence electrons. The summed E-state index contributed by atoms with van der Waals surface area (Å²) in [5, 5.41) is 51.9. The van der Waals surface area contributed by atoms with Crippen LogP contribution in [0.3, 0.4) is 0 Å². The van der Waals surface area contributed by atoms with Crippen LogP contribution in [0.5, 0.6) is 34.5 Å². The van der Waals surface area contributed by atoms with Gasteiger partial charge in [0.1, 0.15) is 34.5 Å². The fourth-order valence-corrected chi connectivity index (χ4v) is 1.36. The quantitative estimate of drug-likeness (QED) is 0.335. The van der Waals surface area contributed by atoms with Crippen LogP contribution in [-0.2, 0) is 25.8 Å². The first-order valence-electron chi connectivity index (χ1n) is 6.81. The third kappa shape index (κ3) is 10.7. The van der Waals surface area contributed by atoms with Crippen LogP contribution in [-0.4, -0.2) is 30.6 Å². The van der Waals surface area contributed by atoms with Crippen molar-refractivity contribution in [2.45, 2.75) is 0 Å². The Morgan fingerprint density at radius 1 is 0.280 bits per heavy atom. The van der Waals surface area contributed by atoms with E-state index in [0.717, 1.165) is 0 Å².